The molecule has 1 heterocycles. The number of sulfone groups is 1. The molecule has 5 nitrogen and oxygen atoms in total. The van der Waals surface area contributed by atoms with Crippen LogP contribution in [0.1, 0.15) is 5.56 Å². The third-order valence-electron chi connectivity index (χ3n) is 2.70. The van der Waals surface area contributed by atoms with Gasteiger partial charge >= 0.3 is 0 Å². The second-order valence-corrected chi connectivity index (χ2v) is 6.42. The summed E-state index contributed by atoms with van der Waals surface area (Å²) in [6.07, 6.45) is 1.53. The van der Waals surface area contributed by atoms with Crippen molar-refractivity contribution >= 4 is 27.1 Å². The summed E-state index contributed by atoms with van der Waals surface area (Å²) in [5.41, 5.74) is 6.30. The average molecular weight is 313 g/mol. The fraction of sp³-hybridized carbons (Fsp3) is 0.154. The zero-order chi connectivity index (χ0) is 14.8. The standard InChI is InChI=1S/C13H13ClN2O3S/c1-19-13-9(4-3-7-16-13)8-20(17,18)12-10(14)5-2-6-11(12)15/h2-7H,8,15H2,1H3. The third kappa shape index (κ3) is 2.86. The minimum absolute atomic E-state index is 0.0624. The van der Waals surface area contributed by atoms with Gasteiger partial charge in [0.05, 0.1) is 23.6 Å². The van der Waals surface area contributed by atoms with E-state index in [2.05, 4.69) is 4.98 Å². The first kappa shape index (κ1) is 14.6. The first-order chi connectivity index (χ1) is 9.45. The molecular formula is C13H13ClN2O3S. The van der Waals surface area contributed by atoms with Crippen molar-refractivity contribution < 1.29 is 13.2 Å². The van der Waals surface area contributed by atoms with E-state index in [-0.39, 0.29) is 27.2 Å². The topological polar surface area (TPSA) is 82.3 Å². The van der Waals surface area contributed by atoms with Gasteiger partial charge in [-0.3, -0.25) is 0 Å². The van der Waals surface area contributed by atoms with Crippen molar-refractivity contribution in [3.05, 3.63) is 47.1 Å². The Hall–Kier alpha value is -1.79. The van der Waals surface area contributed by atoms with Crippen molar-refractivity contribution in [2.75, 3.05) is 12.8 Å². The van der Waals surface area contributed by atoms with Crippen LogP contribution in [0.15, 0.2) is 41.4 Å². The van der Waals surface area contributed by atoms with Crippen LogP contribution in [0.3, 0.4) is 0 Å². The van der Waals surface area contributed by atoms with Gasteiger partial charge in [0, 0.05) is 11.8 Å². The van der Waals surface area contributed by atoms with Gasteiger partial charge < -0.3 is 10.5 Å². The largest absolute Gasteiger partial charge is 0.481 e. The number of rotatable bonds is 4. The van der Waals surface area contributed by atoms with Crippen LogP contribution in [0.4, 0.5) is 5.69 Å². The lowest BCUT2D eigenvalue weighted by Gasteiger charge is -2.11. The monoisotopic (exact) mass is 312 g/mol. The van der Waals surface area contributed by atoms with Crippen LogP contribution in [0.5, 0.6) is 5.88 Å². The second kappa shape index (κ2) is 5.68. The highest BCUT2D eigenvalue weighted by Crippen LogP contribution is 2.31. The molecule has 0 spiro atoms. The van der Waals surface area contributed by atoms with Gasteiger partial charge in [0.25, 0.3) is 0 Å². The summed E-state index contributed by atoms with van der Waals surface area (Å²) in [6.45, 7) is 0. The summed E-state index contributed by atoms with van der Waals surface area (Å²) in [4.78, 5) is 3.91. The quantitative estimate of drug-likeness (QED) is 0.876. The Morgan fingerprint density at radius 3 is 2.70 bits per heavy atom. The Balaban J connectivity index is 2.47. The zero-order valence-corrected chi connectivity index (χ0v) is 12.3. The van der Waals surface area contributed by atoms with E-state index in [9.17, 15) is 8.42 Å². The van der Waals surface area contributed by atoms with Gasteiger partial charge in [0.15, 0.2) is 9.84 Å². The summed E-state index contributed by atoms with van der Waals surface area (Å²) >= 11 is 5.95. The number of halogens is 1. The first-order valence-corrected chi connectivity index (χ1v) is 7.73. The summed E-state index contributed by atoms with van der Waals surface area (Å²) in [5.74, 6) is -0.0144. The highest BCUT2D eigenvalue weighted by molar-refractivity contribution is 7.91. The molecule has 0 atom stereocenters. The lowest BCUT2D eigenvalue weighted by atomic mass is 10.3. The highest BCUT2D eigenvalue weighted by Gasteiger charge is 2.23. The van der Waals surface area contributed by atoms with E-state index < -0.39 is 9.84 Å². The number of nitrogens with two attached hydrogens (primary N) is 1. The number of ether oxygens (including phenoxy) is 1. The molecule has 20 heavy (non-hydrogen) atoms. The number of anilines is 1. The maximum Gasteiger partial charge on any atom is 0.217 e. The molecule has 2 aromatic rings. The molecule has 0 aliphatic rings. The fourth-order valence-electron chi connectivity index (χ4n) is 1.85. The molecule has 0 unspecified atom stereocenters. The Labute approximate surface area is 122 Å². The lowest BCUT2D eigenvalue weighted by Crippen LogP contribution is -2.10. The smallest absolute Gasteiger partial charge is 0.217 e. The van der Waals surface area contributed by atoms with E-state index in [0.29, 0.717) is 5.56 Å². The maximum absolute atomic E-state index is 12.5. The lowest BCUT2D eigenvalue weighted by molar-refractivity contribution is 0.394. The molecule has 106 valence electrons. The highest BCUT2D eigenvalue weighted by atomic mass is 35.5. The van der Waals surface area contributed by atoms with E-state index in [1.807, 2.05) is 0 Å². The van der Waals surface area contributed by atoms with Crippen LogP contribution in [-0.2, 0) is 15.6 Å². The van der Waals surface area contributed by atoms with Crippen LogP contribution in [0, 0.1) is 0 Å². The van der Waals surface area contributed by atoms with Crippen molar-refractivity contribution in [2.45, 2.75) is 10.6 Å². The van der Waals surface area contributed by atoms with Crippen molar-refractivity contribution in [1.82, 2.24) is 4.98 Å². The molecule has 0 saturated heterocycles. The van der Waals surface area contributed by atoms with Crippen molar-refractivity contribution in [3.63, 3.8) is 0 Å². The molecule has 0 aliphatic heterocycles. The molecule has 1 aromatic carbocycles. The molecule has 0 amide bonds. The normalized spacial score (nSPS) is 11.3. The number of nitrogens with zero attached hydrogens (tertiary/aromatic N) is 1. The first-order valence-electron chi connectivity index (χ1n) is 5.70. The Morgan fingerprint density at radius 2 is 2.05 bits per heavy atom. The number of aromatic nitrogens is 1. The Bertz CT molecular complexity index is 712. The van der Waals surface area contributed by atoms with Crippen LogP contribution >= 0.6 is 11.6 Å². The number of pyridine rings is 1. The van der Waals surface area contributed by atoms with E-state index in [0.717, 1.165) is 0 Å². The van der Waals surface area contributed by atoms with Gasteiger partial charge in [-0.2, -0.15) is 0 Å². The minimum Gasteiger partial charge on any atom is -0.481 e. The molecule has 1 aromatic heterocycles. The number of benzene rings is 1. The predicted molar refractivity (Wildman–Crippen MR) is 77.5 cm³/mol. The Morgan fingerprint density at radius 1 is 1.30 bits per heavy atom. The SMILES string of the molecule is COc1ncccc1CS(=O)(=O)c1c(N)cccc1Cl. The van der Waals surface area contributed by atoms with E-state index in [4.69, 9.17) is 22.1 Å². The molecule has 0 radical (unpaired) electrons. The van der Waals surface area contributed by atoms with Crippen molar-refractivity contribution in [2.24, 2.45) is 0 Å². The van der Waals surface area contributed by atoms with Crippen molar-refractivity contribution in [3.8, 4) is 5.88 Å². The third-order valence-corrected chi connectivity index (χ3v) is 4.89. The molecule has 7 heteroatoms. The van der Waals surface area contributed by atoms with Crippen LogP contribution in [0.25, 0.3) is 0 Å². The number of nitrogen functional groups attached to an aromatic ring is 1. The predicted octanol–water partition coefficient (Wildman–Crippen LogP) is 2.30. The molecular weight excluding hydrogens is 300 g/mol. The Kier molecular flexibility index (Phi) is 4.15. The molecule has 0 bridgehead atoms. The summed E-state index contributed by atoms with van der Waals surface area (Å²) < 4.78 is 30.0. The number of methoxy groups -OCH3 is 1. The molecule has 0 aliphatic carbocycles. The van der Waals surface area contributed by atoms with Gasteiger partial charge in [0.2, 0.25) is 5.88 Å². The molecule has 0 saturated carbocycles. The summed E-state index contributed by atoms with van der Waals surface area (Å²) in [6, 6.07) is 7.87. The van der Waals surface area contributed by atoms with E-state index >= 15 is 0 Å². The van der Waals surface area contributed by atoms with Gasteiger partial charge in [-0.15, -0.1) is 0 Å². The van der Waals surface area contributed by atoms with Crippen LogP contribution in [0.2, 0.25) is 5.02 Å². The zero-order valence-electron chi connectivity index (χ0n) is 10.7. The van der Waals surface area contributed by atoms with Gasteiger partial charge in [-0.05, 0) is 18.2 Å². The van der Waals surface area contributed by atoms with E-state index in [1.165, 1.54) is 25.4 Å². The maximum atomic E-state index is 12.5. The molecule has 2 N–H and O–H groups in total. The minimum atomic E-state index is -3.68. The van der Waals surface area contributed by atoms with Gasteiger partial charge in [-0.25, -0.2) is 13.4 Å². The average Bonchev–Trinajstić information content (AvgIpc) is 2.38. The fourth-order valence-corrected chi connectivity index (χ4v) is 3.95. The van der Waals surface area contributed by atoms with Gasteiger partial charge in [-0.1, -0.05) is 23.7 Å². The second-order valence-electron chi connectivity index (χ2n) is 4.09. The van der Waals surface area contributed by atoms with E-state index in [1.54, 1.807) is 18.2 Å². The number of hydrogen-bond acceptors (Lipinski definition) is 5. The summed E-state index contributed by atoms with van der Waals surface area (Å²) in [7, 11) is -2.25. The van der Waals surface area contributed by atoms with Gasteiger partial charge in [0.1, 0.15) is 4.90 Å². The van der Waals surface area contributed by atoms with Crippen molar-refractivity contribution in [1.29, 1.82) is 0 Å². The van der Waals surface area contributed by atoms with Crippen LogP contribution in [-0.4, -0.2) is 20.5 Å². The number of hydrogen-bond donors (Lipinski definition) is 1. The molecule has 2 rings (SSSR count). The summed E-state index contributed by atoms with van der Waals surface area (Å²) in [5, 5.41) is 0.104. The molecule has 0 fully saturated rings. The van der Waals surface area contributed by atoms with Crippen LogP contribution < -0.4 is 10.5 Å².